The number of hydrogen-bond donors (Lipinski definition) is 1. The van der Waals surface area contributed by atoms with E-state index in [-0.39, 0.29) is 23.1 Å². The Morgan fingerprint density at radius 3 is 1.35 bits per heavy atom. The fourth-order valence-electron chi connectivity index (χ4n) is 7.15. The second-order valence-electron chi connectivity index (χ2n) is 15.7. The smallest absolute Gasteiger partial charge is 0.410 e. The Bertz CT molecular complexity index is 1340. The minimum Gasteiger partial charge on any atom is -0.444 e. The highest BCUT2D eigenvalue weighted by Crippen LogP contribution is 2.35. The van der Waals surface area contributed by atoms with Crippen LogP contribution in [-0.4, -0.2) is 104 Å². The van der Waals surface area contributed by atoms with E-state index in [1.165, 1.54) is 37.2 Å². The highest BCUT2D eigenvalue weighted by Gasteiger charge is 2.33. The summed E-state index contributed by atoms with van der Waals surface area (Å²) in [5.74, 6) is 3.11. The van der Waals surface area contributed by atoms with Gasteiger partial charge in [-0.15, -0.1) is 0 Å². The minimum atomic E-state index is -0.422. The molecule has 4 saturated heterocycles. The lowest BCUT2D eigenvalue weighted by atomic mass is 9.79. The number of nitrogens with one attached hydrogen (secondary N) is 1. The van der Waals surface area contributed by atoms with Crippen molar-refractivity contribution < 1.29 is 19.1 Å². The molecule has 0 atom stereocenters. The van der Waals surface area contributed by atoms with Crippen molar-refractivity contribution in [2.75, 3.05) is 57.3 Å². The van der Waals surface area contributed by atoms with Gasteiger partial charge in [-0.2, -0.15) is 18.7 Å². The Morgan fingerprint density at radius 1 is 0.627 bits per heavy atom. The molecular weight excluding hydrogens is 755 g/mol. The third kappa shape index (κ3) is 14.6. The van der Waals surface area contributed by atoms with Crippen molar-refractivity contribution >= 4 is 75.2 Å². The molecule has 0 unspecified atom stereocenters. The molecule has 17 heteroatoms. The first-order chi connectivity index (χ1) is 24.1. The number of nitrogens with zero attached hydrogens (tertiary/aromatic N) is 7. The molecule has 288 valence electrons. The second-order valence-corrected chi connectivity index (χ2v) is 18.4. The van der Waals surface area contributed by atoms with Crippen molar-refractivity contribution in [2.24, 2.45) is 23.7 Å². The van der Waals surface area contributed by atoms with Crippen molar-refractivity contribution in [1.29, 1.82) is 0 Å². The maximum atomic E-state index is 12.2. The number of carbonyl (C=O) groups is 2. The maximum Gasteiger partial charge on any atom is 0.410 e. The largest absolute Gasteiger partial charge is 0.444 e. The fourth-order valence-corrected chi connectivity index (χ4v) is 8.79. The summed E-state index contributed by atoms with van der Waals surface area (Å²) in [5.41, 5.74) is -0.808. The molecule has 0 aromatic carbocycles. The lowest BCUT2D eigenvalue weighted by Crippen LogP contribution is -2.44. The van der Waals surface area contributed by atoms with Crippen LogP contribution in [0.3, 0.4) is 0 Å². The molecule has 4 fully saturated rings. The summed E-state index contributed by atoms with van der Waals surface area (Å²) in [6, 6.07) is 0. The molecule has 2 aromatic rings. The number of rotatable bonds is 3. The average molecular weight is 810 g/mol. The van der Waals surface area contributed by atoms with E-state index in [9.17, 15) is 9.59 Å². The normalized spacial score (nSPS) is 20.2. The lowest BCUT2D eigenvalue weighted by molar-refractivity contribution is 0.0142. The highest BCUT2D eigenvalue weighted by atomic mass is 35.5. The second kappa shape index (κ2) is 19.6. The van der Waals surface area contributed by atoms with Gasteiger partial charge >= 0.3 is 12.2 Å². The summed E-state index contributed by atoms with van der Waals surface area (Å²) in [7, 11) is 0. The van der Waals surface area contributed by atoms with Gasteiger partial charge < -0.3 is 29.5 Å². The predicted molar refractivity (Wildman–Crippen MR) is 206 cm³/mol. The molecular formula is C34H55Cl3N8O4S2. The van der Waals surface area contributed by atoms with Crippen LogP contribution in [0.5, 0.6) is 0 Å². The van der Waals surface area contributed by atoms with Crippen LogP contribution < -0.4 is 10.2 Å². The molecule has 0 spiro atoms. The number of aromatic nitrogens is 4. The number of likely N-dealkylation sites (tertiary alicyclic amines) is 2. The molecule has 2 aromatic heterocycles. The summed E-state index contributed by atoms with van der Waals surface area (Å²) in [4.78, 5) is 38.0. The molecule has 4 aliphatic rings. The number of amides is 2. The Morgan fingerprint density at radius 2 is 1.02 bits per heavy atom. The van der Waals surface area contributed by atoms with Gasteiger partial charge in [0.2, 0.25) is 20.2 Å². The summed E-state index contributed by atoms with van der Waals surface area (Å²) < 4.78 is 18.9. The van der Waals surface area contributed by atoms with Crippen LogP contribution in [0.2, 0.25) is 15.0 Å². The number of hydrogen-bond acceptors (Lipinski definition) is 12. The molecule has 1 N–H and O–H groups in total. The zero-order valence-corrected chi connectivity index (χ0v) is 34.7. The van der Waals surface area contributed by atoms with E-state index in [2.05, 4.69) is 28.9 Å². The number of anilines is 1. The predicted octanol–water partition coefficient (Wildman–Crippen LogP) is 8.53. The van der Waals surface area contributed by atoms with Crippen LogP contribution in [0.4, 0.5) is 14.7 Å². The summed E-state index contributed by atoms with van der Waals surface area (Å²) in [6.07, 6.45) is 9.08. The van der Waals surface area contributed by atoms with Crippen LogP contribution >= 0.6 is 57.9 Å². The van der Waals surface area contributed by atoms with Gasteiger partial charge in [0.05, 0.1) is 0 Å². The Balaban J connectivity index is 0.000000197. The van der Waals surface area contributed by atoms with E-state index in [1.54, 1.807) is 0 Å². The van der Waals surface area contributed by atoms with Crippen molar-refractivity contribution in [3.05, 3.63) is 15.0 Å². The minimum absolute atomic E-state index is 0.142. The van der Waals surface area contributed by atoms with E-state index >= 15 is 0 Å². The monoisotopic (exact) mass is 808 g/mol. The zero-order valence-electron chi connectivity index (χ0n) is 30.8. The molecule has 12 nitrogen and oxygen atoms in total. The van der Waals surface area contributed by atoms with Crippen LogP contribution in [0.1, 0.15) is 92.9 Å². The topological polar surface area (TPSA) is 126 Å². The zero-order chi connectivity index (χ0) is 37.2. The molecule has 6 heterocycles. The van der Waals surface area contributed by atoms with E-state index in [0.717, 1.165) is 112 Å². The van der Waals surface area contributed by atoms with E-state index in [0.29, 0.717) is 15.7 Å². The Hall–Kier alpha value is -1.71. The SMILES string of the molecule is CC(C)(C)OC(=O)N1CCC(C2CCN(c3nc(Cl)ns3)CC2)CC1.CC(C)(C)OC(=O)N1CCC(C2CCNCC2)CC1.Clc1nsc(Cl)n1. The molecule has 4 aliphatic heterocycles. The van der Waals surface area contributed by atoms with Crippen molar-refractivity contribution in [1.82, 2.24) is 33.8 Å². The van der Waals surface area contributed by atoms with E-state index in [1.807, 2.05) is 51.3 Å². The quantitative estimate of drug-likeness (QED) is 0.323. The first-order valence-corrected chi connectivity index (χ1v) is 20.8. The maximum absolute atomic E-state index is 12.2. The third-order valence-electron chi connectivity index (χ3n) is 9.68. The number of carbonyl (C=O) groups excluding carboxylic acids is 2. The van der Waals surface area contributed by atoms with Crippen LogP contribution in [-0.2, 0) is 9.47 Å². The van der Waals surface area contributed by atoms with Crippen LogP contribution in [0, 0.1) is 23.7 Å². The summed E-state index contributed by atoms with van der Waals surface area (Å²) in [5, 5.41) is 4.92. The first kappa shape index (κ1) is 42.0. The standard InChI is InChI=1S/C17H27ClN4O2S.C15H28N2O2.C2Cl2N2S/c1-17(2,3)24-16(23)22-10-6-13(7-11-22)12-4-8-21(9-5-12)15-19-14(18)20-25-15;1-15(2,3)19-14(18)17-10-6-13(7-11-17)12-4-8-16-9-5-12;3-1-5-2(4)7-6-1/h12-13H,4-11H2,1-3H3;12-13,16H,4-11H2,1-3H3;. The molecule has 0 aliphatic carbocycles. The highest BCUT2D eigenvalue weighted by molar-refractivity contribution is 7.10. The molecule has 51 heavy (non-hydrogen) atoms. The summed E-state index contributed by atoms with van der Waals surface area (Å²) in [6.45, 7) is 19.2. The average Bonchev–Trinajstić information content (AvgIpc) is 3.70. The van der Waals surface area contributed by atoms with Crippen LogP contribution in [0.25, 0.3) is 0 Å². The summed E-state index contributed by atoms with van der Waals surface area (Å²) >= 11 is 18.9. The van der Waals surface area contributed by atoms with Gasteiger partial charge in [0.15, 0.2) is 0 Å². The van der Waals surface area contributed by atoms with Gasteiger partial charge in [-0.25, -0.2) is 9.59 Å². The van der Waals surface area contributed by atoms with Crippen molar-refractivity contribution in [3.63, 3.8) is 0 Å². The number of halogens is 3. The first-order valence-electron chi connectivity index (χ1n) is 18.1. The third-order valence-corrected chi connectivity index (χ3v) is 11.8. The van der Waals surface area contributed by atoms with Gasteiger partial charge in [-0.1, -0.05) is 0 Å². The van der Waals surface area contributed by atoms with E-state index in [4.69, 9.17) is 44.3 Å². The van der Waals surface area contributed by atoms with Gasteiger partial charge in [0, 0.05) is 50.8 Å². The van der Waals surface area contributed by atoms with Gasteiger partial charge in [0.25, 0.3) is 0 Å². The van der Waals surface area contributed by atoms with Gasteiger partial charge in [-0.3, -0.25) is 0 Å². The molecule has 0 radical (unpaired) electrons. The van der Waals surface area contributed by atoms with Crippen molar-refractivity contribution in [3.8, 4) is 0 Å². The van der Waals surface area contributed by atoms with Gasteiger partial charge in [-0.05, 0) is 176 Å². The Labute approximate surface area is 326 Å². The molecule has 0 saturated carbocycles. The fraction of sp³-hybridized carbons (Fsp3) is 0.824. The van der Waals surface area contributed by atoms with Crippen LogP contribution in [0.15, 0.2) is 0 Å². The molecule has 6 rings (SSSR count). The molecule has 2 amide bonds. The Kier molecular flexibility index (Phi) is 16.1. The van der Waals surface area contributed by atoms with E-state index < -0.39 is 5.60 Å². The number of ether oxygens (including phenoxy) is 2. The van der Waals surface area contributed by atoms with Crippen molar-refractivity contribution in [2.45, 2.75) is 104 Å². The number of piperidine rings is 4. The molecule has 0 bridgehead atoms. The van der Waals surface area contributed by atoms with Gasteiger partial charge in [0.1, 0.15) is 11.2 Å². The lowest BCUT2D eigenvalue weighted by Gasteiger charge is -2.40.